The molecule has 0 aromatic heterocycles. The lowest BCUT2D eigenvalue weighted by Gasteiger charge is -2.11. The minimum atomic E-state index is -1.54. The van der Waals surface area contributed by atoms with Gasteiger partial charge in [0, 0.05) is 5.56 Å². The number of nitrogens with two attached hydrogens (primary N) is 1. The summed E-state index contributed by atoms with van der Waals surface area (Å²) >= 11 is 0. The molecular formula is C9H9F2NO3. The molecule has 1 aromatic rings. The van der Waals surface area contributed by atoms with Crippen LogP contribution in [-0.2, 0) is 4.79 Å². The smallest absolute Gasteiger partial charge is 0.325 e. The van der Waals surface area contributed by atoms with Gasteiger partial charge in [-0.25, -0.2) is 8.78 Å². The third-order valence-electron chi connectivity index (χ3n) is 1.88. The minimum absolute atomic E-state index is 0.319. The van der Waals surface area contributed by atoms with Gasteiger partial charge in [0.1, 0.15) is 6.04 Å². The van der Waals surface area contributed by atoms with E-state index >= 15 is 0 Å². The van der Waals surface area contributed by atoms with E-state index in [4.69, 9.17) is 10.8 Å². The first-order chi connectivity index (χ1) is 6.99. The highest BCUT2D eigenvalue weighted by molar-refractivity contribution is 5.75. The van der Waals surface area contributed by atoms with Crippen LogP contribution in [0.5, 0.6) is 5.75 Å². The number of aliphatic carboxylic acids is 1. The summed E-state index contributed by atoms with van der Waals surface area (Å²) in [5.41, 5.74) is 4.88. The average Bonchev–Trinajstić information content (AvgIpc) is 2.17. The standard InChI is InChI=1S/C9H9F2NO3/c1-15-8-5(10)3-2-4(6(8)11)7(12)9(13)14/h2-3,7H,12H2,1H3,(H,13,14). The van der Waals surface area contributed by atoms with Crippen molar-refractivity contribution in [2.45, 2.75) is 6.04 Å². The van der Waals surface area contributed by atoms with Crippen molar-refractivity contribution in [3.63, 3.8) is 0 Å². The maximum Gasteiger partial charge on any atom is 0.325 e. The fraction of sp³-hybridized carbons (Fsp3) is 0.222. The summed E-state index contributed by atoms with van der Waals surface area (Å²) < 4.78 is 30.8. The monoisotopic (exact) mass is 217 g/mol. The van der Waals surface area contributed by atoms with Crippen molar-refractivity contribution in [2.75, 3.05) is 7.11 Å². The van der Waals surface area contributed by atoms with Gasteiger partial charge in [-0.15, -0.1) is 0 Å². The zero-order chi connectivity index (χ0) is 11.6. The zero-order valence-corrected chi connectivity index (χ0v) is 7.83. The van der Waals surface area contributed by atoms with Crippen LogP contribution in [0.15, 0.2) is 12.1 Å². The predicted molar refractivity (Wildman–Crippen MR) is 47.5 cm³/mol. The number of methoxy groups -OCH3 is 1. The molecule has 0 heterocycles. The van der Waals surface area contributed by atoms with Crippen LogP contribution in [0.2, 0.25) is 0 Å². The molecule has 0 radical (unpaired) electrons. The lowest BCUT2D eigenvalue weighted by atomic mass is 10.1. The molecule has 1 rings (SSSR count). The molecule has 82 valence electrons. The van der Waals surface area contributed by atoms with Gasteiger partial charge in [0.15, 0.2) is 17.4 Å². The van der Waals surface area contributed by atoms with Crippen LogP contribution in [-0.4, -0.2) is 18.2 Å². The maximum absolute atomic E-state index is 13.4. The third-order valence-corrected chi connectivity index (χ3v) is 1.88. The van der Waals surface area contributed by atoms with E-state index in [0.29, 0.717) is 0 Å². The van der Waals surface area contributed by atoms with Crippen molar-refractivity contribution in [1.29, 1.82) is 0 Å². The van der Waals surface area contributed by atoms with Gasteiger partial charge in [-0.3, -0.25) is 4.79 Å². The van der Waals surface area contributed by atoms with Crippen molar-refractivity contribution in [3.05, 3.63) is 29.3 Å². The molecule has 0 saturated heterocycles. The van der Waals surface area contributed by atoms with Gasteiger partial charge in [0.25, 0.3) is 0 Å². The number of carbonyl (C=O) groups is 1. The van der Waals surface area contributed by atoms with Crippen LogP contribution in [0.1, 0.15) is 11.6 Å². The molecule has 6 heteroatoms. The second kappa shape index (κ2) is 4.22. The highest BCUT2D eigenvalue weighted by Gasteiger charge is 2.22. The van der Waals surface area contributed by atoms with Gasteiger partial charge < -0.3 is 15.6 Å². The third kappa shape index (κ3) is 2.04. The quantitative estimate of drug-likeness (QED) is 0.793. The van der Waals surface area contributed by atoms with E-state index in [1.807, 2.05) is 0 Å². The molecule has 0 amide bonds. The molecule has 0 bridgehead atoms. The fourth-order valence-electron chi connectivity index (χ4n) is 1.11. The fourth-order valence-corrected chi connectivity index (χ4v) is 1.11. The Kier molecular flexibility index (Phi) is 3.21. The number of carboxylic acid groups (broad SMARTS) is 1. The van der Waals surface area contributed by atoms with E-state index in [0.717, 1.165) is 19.2 Å². The van der Waals surface area contributed by atoms with Gasteiger partial charge in [0.2, 0.25) is 0 Å². The SMILES string of the molecule is COc1c(F)ccc(C(N)C(=O)O)c1F. The number of rotatable bonds is 3. The van der Waals surface area contributed by atoms with Crippen molar-refractivity contribution in [2.24, 2.45) is 5.73 Å². The second-order valence-corrected chi connectivity index (χ2v) is 2.80. The van der Waals surface area contributed by atoms with E-state index < -0.39 is 29.4 Å². The molecular weight excluding hydrogens is 208 g/mol. The van der Waals surface area contributed by atoms with E-state index in [9.17, 15) is 13.6 Å². The van der Waals surface area contributed by atoms with Crippen LogP contribution >= 0.6 is 0 Å². The molecule has 3 N–H and O–H groups in total. The number of hydrogen-bond donors (Lipinski definition) is 2. The Morgan fingerprint density at radius 2 is 2.13 bits per heavy atom. The molecule has 1 unspecified atom stereocenters. The van der Waals surface area contributed by atoms with Crippen molar-refractivity contribution in [3.8, 4) is 5.75 Å². The number of ether oxygens (including phenoxy) is 1. The molecule has 0 fully saturated rings. The molecule has 0 aliphatic rings. The molecule has 1 aromatic carbocycles. The highest BCUT2D eigenvalue weighted by atomic mass is 19.1. The van der Waals surface area contributed by atoms with Gasteiger partial charge in [-0.1, -0.05) is 6.07 Å². The van der Waals surface area contributed by atoms with Crippen LogP contribution in [0.25, 0.3) is 0 Å². The molecule has 4 nitrogen and oxygen atoms in total. The Morgan fingerprint density at radius 1 is 1.53 bits per heavy atom. The number of carboxylic acids is 1. The van der Waals surface area contributed by atoms with E-state index in [-0.39, 0.29) is 5.56 Å². The molecule has 0 spiro atoms. The van der Waals surface area contributed by atoms with Crippen molar-refractivity contribution < 1.29 is 23.4 Å². The van der Waals surface area contributed by atoms with Crippen LogP contribution in [0.3, 0.4) is 0 Å². The summed E-state index contributed by atoms with van der Waals surface area (Å²) in [6, 6.07) is 0.339. The predicted octanol–water partition coefficient (Wildman–Crippen LogP) is 1.06. The van der Waals surface area contributed by atoms with Gasteiger partial charge >= 0.3 is 5.97 Å². The summed E-state index contributed by atoms with van der Waals surface area (Å²) in [4.78, 5) is 10.5. The van der Waals surface area contributed by atoms with Gasteiger partial charge in [-0.2, -0.15) is 0 Å². The summed E-state index contributed by atoms with van der Waals surface area (Å²) in [7, 11) is 1.08. The van der Waals surface area contributed by atoms with E-state index in [1.54, 1.807) is 0 Å². The van der Waals surface area contributed by atoms with Gasteiger partial charge in [-0.05, 0) is 6.07 Å². The Hall–Kier alpha value is -1.69. The lowest BCUT2D eigenvalue weighted by Crippen LogP contribution is -2.22. The molecule has 15 heavy (non-hydrogen) atoms. The Labute approximate surface area is 84.3 Å². The van der Waals surface area contributed by atoms with E-state index in [2.05, 4.69) is 4.74 Å². The lowest BCUT2D eigenvalue weighted by molar-refractivity contribution is -0.138. The summed E-state index contributed by atoms with van der Waals surface area (Å²) in [5.74, 6) is -4.03. The maximum atomic E-state index is 13.4. The van der Waals surface area contributed by atoms with Crippen LogP contribution in [0, 0.1) is 11.6 Å². The Balaban J connectivity index is 3.27. The first-order valence-electron chi connectivity index (χ1n) is 3.99. The first-order valence-corrected chi connectivity index (χ1v) is 3.99. The molecule has 0 aliphatic carbocycles. The number of hydrogen-bond acceptors (Lipinski definition) is 3. The largest absolute Gasteiger partial charge is 0.491 e. The number of halogens is 2. The van der Waals surface area contributed by atoms with Crippen LogP contribution in [0.4, 0.5) is 8.78 Å². The second-order valence-electron chi connectivity index (χ2n) is 2.80. The van der Waals surface area contributed by atoms with E-state index in [1.165, 1.54) is 0 Å². The van der Waals surface area contributed by atoms with Crippen molar-refractivity contribution in [1.82, 2.24) is 0 Å². The summed E-state index contributed by atoms with van der Waals surface area (Å²) in [5, 5.41) is 8.57. The Bertz CT molecular complexity index is 395. The normalized spacial score (nSPS) is 12.3. The molecule has 1 atom stereocenters. The number of benzene rings is 1. The van der Waals surface area contributed by atoms with Crippen molar-refractivity contribution >= 4 is 5.97 Å². The van der Waals surface area contributed by atoms with Crippen LogP contribution < -0.4 is 10.5 Å². The minimum Gasteiger partial charge on any atom is -0.491 e. The molecule has 0 aliphatic heterocycles. The topological polar surface area (TPSA) is 72.5 Å². The van der Waals surface area contributed by atoms with Gasteiger partial charge in [0.05, 0.1) is 7.11 Å². The Morgan fingerprint density at radius 3 is 2.60 bits per heavy atom. The molecule has 0 saturated carbocycles. The zero-order valence-electron chi connectivity index (χ0n) is 7.83. The first kappa shape index (κ1) is 11.4. The summed E-state index contributed by atoms with van der Waals surface area (Å²) in [6.45, 7) is 0. The highest BCUT2D eigenvalue weighted by Crippen LogP contribution is 2.27. The summed E-state index contributed by atoms with van der Waals surface area (Å²) in [6.07, 6.45) is 0. The average molecular weight is 217 g/mol.